The number of phenolic OH excluding ortho intramolecular Hbond substituents is 1. The molecule has 0 aromatic heterocycles. The Morgan fingerprint density at radius 3 is 2.38 bits per heavy atom. The van der Waals surface area contributed by atoms with Crippen LogP contribution in [0.3, 0.4) is 0 Å². The molecule has 5 heteroatoms. The molecule has 0 saturated heterocycles. The highest BCUT2D eigenvalue weighted by Gasteiger charge is 2.21. The van der Waals surface area contributed by atoms with E-state index in [1.807, 2.05) is 26.8 Å². The molecule has 2 N–H and O–H groups in total. The minimum absolute atomic E-state index is 0.0651. The Bertz CT molecular complexity index is 547. The average molecular weight is 312 g/mol. The third-order valence-electron chi connectivity index (χ3n) is 3.27. The van der Waals surface area contributed by atoms with Crippen LogP contribution in [0.5, 0.6) is 5.75 Å². The summed E-state index contributed by atoms with van der Waals surface area (Å²) < 4.78 is 0. The average Bonchev–Trinajstić information content (AvgIpc) is 2.43. The SMILES string of the molecule is CCC(=O)c1cc(C(C)(C)C)cc(CNC(=O)CCl)c1O. The molecule has 0 bridgehead atoms. The highest BCUT2D eigenvalue weighted by Crippen LogP contribution is 2.31. The molecular formula is C16H22ClNO3. The van der Waals surface area contributed by atoms with E-state index in [1.165, 1.54) is 0 Å². The van der Waals surface area contributed by atoms with Crippen LogP contribution < -0.4 is 5.32 Å². The Hall–Kier alpha value is -1.55. The van der Waals surface area contributed by atoms with Gasteiger partial charge in [0.25, 0.3) is 0 Å². The Morgan fingerprint density at radius 1 is 1.29 bits per heavy atom. The molecule has 0 aliphatic heterocycles. The van der Waals surface area contributed by atoms with E-state index in [0.29, 0.717) is 17.5 Å². The van der Waals surface area contributed by atoms with Crippen LogP contribution in [0.15, 0.2) is 12.1 Å². The van der Waals surface area contributed by atoms with Gasteiger partial charge in [-0.3, -0.25) is 9.59 Å². The first-order valence-electron chi connectivity index (χ1n) is 6.93. The molecule has 1 aromatic carbocycles. The van der Waals surface area contributed by atoms with Crippen molar-refractivity contribution in [2.45, 2.75) is 46.1 Å². The predicted molar refractivity (Wildman–Crippen MR) is 84.0 cm³/mol. The maximum Gasteiger partial charge on any atom is 0.235 e. The van der Waals surface area contributed by atoms with Crippen molar-refractivity contribution >= 4 is 23.3 Å². The van der Waals surface area contributed by atoms with Gasteiger partial charge in [0.1, 0.15) is 11.6 Å². The number of hydrogen-bond acceptors (Lipinski definition) is 3. The largest absolute Gasteiger partial charge is 0.507 e. The van der Waals surface area contributed by atoms with Gasteiger partial charge in [-0.1, -0.05) is 27.7 Å². The lowest BCUT2D eigenvalue weighted by Crippen LogP contribution is -2.24. The van der Waals surface area contributed by atoms with Gasteiger partial charge in [-0.2, -0.15) is 0 Å². The van der Waals surface area contributed by atoms with Crippen molar-refractivity contribution in [1.82, 2.24) is 5.32 Å². The van der Waals surface area contributed by atoms with E-state index in [2.05, 4.69) is 5.32 Å². The van der Waals surface area contributed by atoms with Crippen LogP contribution in [0.1, 0.15) is 55.6 Å². The number of amides is 1. The Balaban J connectivity index is 3.28. The van der Waals surface area contributed by atoms with Gasteiger partial charge in [0.05, 0.1) is 5.56 Å². The number of Topliss-reactive ketones (excluding diaryl/α,β-unsaturated/α-hetero) is 1. The summed E-state index contributed by atoms with van der Waals surface area (Å²) in [6.45, 7) is 7.98. The van der Waals surface area contributed by atoms with Gasteiger partial charge in [0, 0.05) is 18.5 Å². The molecule has 0 aliphatic rings. The quantitative estimate of drug-likeness (QED) is 0.648. The van der Waals surface area contributed by atoms with Gasteiger partial charge in [0.2, 0.25) is 5.91 Å². The fourth-order valence-corrected chi connectivity index (χ4v) is 2.00. The van der Waals surface area contributed by atoms with E-state index in [1.54, 1.807) is 13.0 Å². The van der Waals surface area contributed by atoms with Gasteiger partial charge >= 0.3 is 0 Å². The predicted octanol–water partition coefficient (Wildman–Crippen LogP) is 3.14. The second-order valence-corrected chi connectivity index (χ2v) is 6.24. The lowest BCUT2D eigenvalue weighted by molar-refractivity contribution is -0.118. The molecule has 0 atom stereocenters. The first-order valence-corrected chi connectivity index (χ1v) is 7.46. The number of carbonyl (C=O) groups excluding carboxylic acids is 2. The number of phenols is 1. The summed E-state index contributed by atoms with van der Waals surface area (Å²) in [5, 5.41) is 12.9. The van der Waals surface area contributed by atoms with E-state index >= 15 is 0 Å². The monoisotopic (exact) mass is 311 g/mol. The molecule has 0 radical (unpaired) electrons. The van der Waals surface area contributed by atoms with E-state index in [4.69, 9.17) is 11.6 Å². The van der Waals surface area contributed by atoms with Gasteiger partial charge in [-0.15, -0.1) is 11.6 Å². The van der Waals surface area contributed by atoms with Crippen molar-refractivity contribution in [3.63, 3.8) is 0 Å². The van der Waals surface area contributed by atoms with Crippen LogP contribution in [-0.4, -0.2) is 22.7 Å². The zero-order chi connectivity index (χ0) is 16.2. The van der Waals surface area contributed by atoms with Crippen LogP contribution in [0.25, 0.3) is 0 Å². The number of halogens is 1. The van der Waals surface area contributed by atoms with Gasteiger partial charge in [-0.25, -0.2) is 0 Å². The van der Waals surface area contributed by atoms with Gasteiger partial charge in [0.15, 0.2) is 5.78 Å². The fraction of sp³-hybridized carbons (Fsp3) is 0.500. The van der Waals surface area contributed by atoms with Crippen LogP contribution in [0, 0.1) is 0 Å². The lowest BCUT2D eigenvalue weighted by atomic mass is 9.84. The van der Waals surface area contributed by atoms with Crippen molar-refractivity contribution < 1.29 is 14.7 Å². The molecule has 0 saturated carbocycles. The normalized spacial score (nSPS) is 11.3. The fourth-order valence-electron chi connectivity index (χ4n) is 1.91. The highest BCUT2D eigenvalue weighted by molar-refractivity contribution is 6.27. The van der Waals surface area contributed by atoms with Crippen molar-refractivity contribution in [1.29, 1.82) is 0 Å². The summed E-state index contributed by atoms with van der Waals surface area (Å²) in [5.74, 6) is -0.644. The number of nitrogens with one attached hydrogen (secondary N) is 1. The summed E-state index contributed by atoms with van der Waals surface area (Å²) >= 11 is 5.44. The number of rotatable bonds is 5. The maximum atomic E-state index is 12.0. The molecule has 4 nitrogen and oxygen atoms in total. The second-order valence-electron chi connectivity index (χ2n) is 5.97. The van der Waals surface area contributed by atoms with Crippen LogP contribution in [0.4, 0.5) is 0 Å². The third-order valence-corrected chi connectivity index (χ3v) is 3.52. The van der Waals surface area contributed by atoms with Crippen LogP contribution in [0.2, 0.25) is 0 Å². The number of carbonyl (C=O) groups is 2. The Labute approximate surface area is 130 Å². The summed E-state index contributed by atoms with van der Waals surface area (Å²) in [4.78, 5) is 23.3. The molecule has 21 heavy (non-hydrogen) atoms. The minimum atomic E-state index is -0.319. The zero-order valence-corrected chi connectivity index (χ0v) is 13.7. The van der Waals surface area contributed by atoms with E-state index < -0.39 is 0 Å². The summed E-state index contributed by atoms with van der Waals surface area (Å²) in [6, 6.07) is 3.55. The standard InChI is InChI=1S/C16H22ClNO3/c1-5-13(19)12-7-11(16(2,3)4)6-10(15(12)21)9-18-14(20)8-17/h6-7,21H,5,8-9H2,1-4H3,(H,18,20). The second kappa shape index (κ2) is 6.94. The van der Waals surface area contributed by atoms with E-state index in [9.17, 15) is 14.7 Å². The number of aromatic hydroxyl groups is 1. The number of ketones is 1. The van der Waals surface area contributed by atoms with Crippen LogP contribution >= 0.6 is 11.6 Å². The van der Waals surface area contributed by atoms with Crippen molar-refractivity contribution in [2.24, 2.45) is 0 Å². The topological polar surface area (TPSA) is 66.4 Å². The number of benzene rings is 1. The summed E-state index contributed by atoms with van der Waals surface area (Å²) in [7, 11) is 0. The summed E-state index contributed by atoms with van der Waals surface area (Å²) in [5.41, 5.74) is 1.60. The molecule has 0 aliphatic carbocycles. The van der Waals surface area contributed by atoms with Crippen LogP contribution in [-0.2, 0) is 16.8 Å². The van der Waals surface area contributed by atoms with E-state index in [0.717, 1.165) is 5.56 Å². The molecule has 1 aromatic rings. The molecule has 0 spiro atoms. The first kappa shape index (κ1) is 17.5. The van der Waals surface area contributed by atoms with E-state index in [-0.39, 0.29) is 35.3 Å². The van der Waals surface area contributed by atoms with Crippen molar-refractivity contribution in [3.8, 4) is 5.75 Å². The van der Waals surface area contributed by atoms with Gasteiger partial charge in [-0.05, 0) is 23.1 Å². The molecule has 1 rings (SSSR count). The third kappa shape index (κ3) is 4.46. The molecule has 116 valence electrons. The smallest absolute Gasteiger partial charge is 0.235 e. The molecule has 0 unspecified atom stereocenters. The lowest BCUT2D eigenvalue weighted by Gasteiger charge is -2.22. The zero-order valence-electron chi connectivity index (χ0n) is 12.9. The highest BCUT2D eigenvalue weighted by atomic mass is 35.5. The van der Waals surface area contributed by atoms with Gasteiger partial charge < -0.3 is 10.4 Å². The molecule has 0 fully saturated rings. The minimum Gasteiger partial charge on any atom is -0.507 e. The summed E-state index contributed by atoms with van der Waals surface area (Å²) in [6.07, 6.45) is 0.314. The molecular weight excluding hydrogens is 290 g/mol. The molecule has 1 amide bonds. The van der Waals surface area contributed by atoms with Crippen molar-refractivity contribution in [3.05, 3.63) is 28.8 Å². The Morgan fingerprint density at radius 2 is 1.90 bits per heavy atom. The number of alkyl halides is 1. The first-order chi connectivity index (χ1) is 9.70. The van der Waals surface area contributed by atoms with Crippen molar-refractivity contribution in [2.75, 3.05) is 5.88 Å². The number of hydrogen-bond donors (Lipinski definition) is 2. The maximum absolute atomic E-state index is 12.0. The molecule has 0 heterocycles. The Kier molecular flexibility index (Phi) is 5.78.